The summed E-state index contributed by atoms with van der Waals surface area (Å²) in [6.45, 7) is 3.50. The van der Waals surface area contributed by atoms with Gasteiger partial charge in [-0.25, -0.2) is 0 Å². The standard InChI is InChI=1S/C20H27N3O2/c24-19-15-18(20(25)23(19)17-9-5-2-6-10-17)22-13-11-21(12-14-22)16-7-3-1-4-8-16/h1,3-4,7-8,17-18H,2,5-6,9-15H2. The number of carbonyl (C=O) groups excluding carboxylic acids is 2. The molecule has 1 atom stereocenters. The summed E-state index contributed by atoms with van der Waals surface area (Å²) in [7, 11) is 0. The maximum Gasteiger partial charge on any atom is 0.247 e. The van der Waals surface area contributed by atoms with Gasteiger partial charge in [-0.05, 0) is 25.0 Å². The lowest BCUT2D eigenvalue weighted by Gasteiger charge is -2.38. The van der Waals surface area contributed by atoms with Gasteiger partial charge in [0.05, 0.1) is 12.5 Å². The second-order valence-electron chi connectivity index (χ2n) is 7.47. The Morgan fingerprint density at radius 2 is 1.52 bits per heavy atom. The Balaban J connectivity index is 1.38. The van der Waals surface area contributed by atoms with Crippen LogP contribution in [0.4, 0.5) is 5.69 Å². The molecule has 0 N–H and O–H groups in total. The molecule has 0 aromatic heterocycles. The molecule has 2 amide bonds. The van der Waals surface area contributed by atoms with Crippen molar-refractivity contribution in [3.05, 3.63) is 30.3 Å². The van der Waals surface area contributed by atoms with Crippen LogP contribution in [0.5, 0.6) is 0 Å². The highest BCUT2D eigenvalue weighted by atomic mass is 16.2. The summed E-state index contributed by atoms with van der Waals surface area (Å²) in [6.07, 6.45) is 5.88. The Morgan fingerprint density at radius 1 is 0.840 bits per heavy atom. The molecule has 1 unspecified atom stereocenters. The van der Waals surface area contributed by atoms with Crippen LogP contribution in [-0.4, -0.2) is 59.9 Å². The largest absolute Gasteiger partial charge is 0.369 e. The SMILES string of the molecule is O=C1CC(N2CCN(c3ccccc3)CC2)C(=O)N1C1CCCCC1. The maximum absolute atomic E-state index is 12.9. The first kappa shape index (κ1) is 16.6. The first-order chi connectivity index (χ1) is 12.2. The minimum Gasteiger partial charge on any atom is -0.369 e. The third-order valence-corrected chi connectivity index (χ3v) is 5.98. The van der Waals surface area contributed by atoms with Gasteiger partial charge in [-0.2, -0.15) is 0 Å². The smallest absolute Gasteiger partial charge is 0.247 e. The van der Waals surface area contributed by atoms with Crippen molar-refractivity contribution in [1.29, 1.82) is 0 Å². The number of likely N-dealkylation sites (tertiary alicyclic amines) is 1. The normalized spacial score (nSPS) is 26.5. The zero-order valence-corrected chi connectivity index (χ0v) is 14.8. The lowest BCUT2D eigenvalue weighted by atomic mass is 9.94. The summed E-state index contributed by atoms with van der Waals surface area (Å²) in [5.74, 6) is 0.109. The van der Waals surface area contributed by atoms with E-state index in [2.05, 4.69) is 34.1 Å². The minimum absolute atomic E-state index is 0.0485. The lowest BCUT2D eigenvalue weighted by Crippen LogP contribution is -2.53. The summed E-state index contributed by atoms with van der Waals surface area (Å²) in [5.41, 5.74) is 1.24. The highest BCUT2D eigenvalue weighted by molar-refractivity contribution is 6.05. The van der Waals surface area contributed by atoms with E-state index in [1.165, 1.54) is 12.1 Å². The summed E-state index contributed by atoms with van der Waals surface area (Å²) in [6, 6.07) is 10.3. The fourth-order valence-corrected chi connectivity index (χ4v) is 4.57. The summed E-state index contributed by atoms with van der Waals surface area (Å²) in [4.78, 5) is 31.6. The summed E-state index contributed by atoms with van der Waals surface area (Å²) < 4.78 is 0. The number of piperazine rings is 1. The zero-order chi connectivity index (χ0) is 17.2. The topological polar surface area (TPSA) is 43.9 Å². The molecule has 0 radical (unpaired) electrons. The molecule has 5 heteroatoms. The zero-order valence-electron chi connectivity index (χ0n) is 14.8. The predicted molar refractivity (Wildman–Crippen MR) is 97.4 cm³/mol. The third kappa shape index (κ3) is 3.30. The molecule has 1 aliphatic carbocycles. The van der Waals surface area contributed by atoms with Crippen molar-refractivity contribution in [3.8, 4) is 0 Å². The second-order valence-corrected chi connectivity index (χ2v) is 7.47. The number of hydrogen-bond acceptors (Lipinski definition) is 4. The molecule has 3 fully saturated rings. The van der Waals surface area contributed by atoms with Crippen LogP contribution in [0.2, 0.25) is 0 Å². The fraction of sp³-hybridized carbons (Fsp3) is 0.600. The number of amides is 2. The summed E-state index contributed by atoms with van der Waals surface area (Å²) in [5, 5.41) is 0. The first-order valence-electron chi connectivity index (χ1n) is 9.64. The molecule has 0 spiro atoms. The van der Waals surface area contributed by atoms with E-state index in [1.54, 1.807) is 4.90 Å². The molecule has 2 heterocycles. The number of anilines is 1. The van der Waals surface area contributed by atoms with Crippen LogP contribution >= 0.6 is 0 Å². The number of carbonyl (C=O) groups is 2. The van der Waals surface area contributed by atoms with Crippen LogP contribution < -0.4 is 4.90 Å². The third-order valence-electron chi connectivity index (χ3n) is 5.98. The summed E-state index contributed by atoms with van der Waals surface area (Å²) >= 11 is 0. The number of benzene rings is 1. The van der Waals surface area contributed by atoms with E-state index >= 15 is 0 Å². The van der Waals surface area contributed by atoms with Crippen molar-refractivity contribution >= 4 is 17.5 Å². The number of para-hydroxylation sites is 1. The number of hydrogen-bond donors (Lipinski definition) is 0. The monoisotopic (exact) mass is 341 g/mol. The molecule has 2 saturated heterocycles. The van der Waals surface area contributed by atoms with Gasteiger partial charge in [0.25, 0.3) is 0 Å². The lowest BCUT2D eigenvalue weighted by molar-refractivity contribution is -0.143. The fourth-order valence-electron chi connectivity index (χ4n) is 4.57. The number of rotatable bonds is 3. The molecule has 25 heavy (non-hydrogen) atoms. The second kappa shape index (κ2) is 7.16. The molecule has 2 aliphatic heterocycles. The Morgan fingerprint density at radius 3 is 2.20 bits per heavy atom. The van der Waals surface area contributed by atoms with Crippen molar-refractivity contribution in [2.45, 2.75) is 50.6 Å². The van der Waals surface area contributed by atoms with Crippen molar-refractivity contribution in [1.82, 2.24) is 9.80 Å². The Kier molecular flexibility index (Phi) is 4.75. The Bertz CT molecular complexity index is 619. The van der Waals surface area contributed by atoms with Gasteiger partial charge in [0.15, 0.2) is 0 Å². The maximum atomic E-state index is 12.9. The molecule has 1 aromatic rings. The average molecular weight is 341 g/mol. The van der Waals surface area contributed by atoms with Crippen molar-refractivity contribution in [3.63, 3.8) is 0 Å². The van der Waals surface area contributed by atoms with Crippen LogP contribution in [0, 0.1) is 0 Å². The molecule has 3 aliphatic rings. The van der Waals surface area contributed by atoms with E-state index in [4.69, 9.17) is 0 Å². The van der Waals surface area contributed by atoms with Gasteiger partial charge in [0.1, 0.15) is 0 Å². The van der Waals surface area contributed by atoms with E-state index in [-0.39, 0.29) is 23.9 Å². The van der Waals surface area contributed by atoms with Crippen molar-refractivity contribution < 1.29 is 9.59 Å². The Labute approximate surface area is 149 Å². The molecular formula is C20H27N3O2. The van der Waals surface area contributed by atoms with E-state index in [0.717, 1.165) is 51.9 Å². The Hall–Kier alpha value is -1.88. The molecular weight excluding hydrogens is 314 g/mol. The van der Waals surface area contributed by atoms with Gasteiger partial charge in [0, 0.05) is 37.9 Å². The van der Waals surface area contributed by atoms with Crippen molar-refractivity contribution in [2.24, 2.45) is 0 Å². The first-order valence-corrected chi connectivity index (χ1v) is 9.64. The van der Waals surface area contributed by atoms with Crippen LogP contribution in [0.1, 0.15) is 38.5 Å². The van der Waals surface area contributed by atoms with E-state index in [0.29, 0.717) is 6.42 Å². The quantitative estimate of drug-likeness (QED) is 0.791. The van der Waals surface area contributed by atoms with Gasteiger partial charge in [0.2, 0.25) is 11.8 Å². The van der Waals surface area contributed by atoms with Gasteiger partial charge in [-0.15, -0.1) is 0 Å². The van der Waals surface area contributed by atoms with E-state index in [1.807, 2.05) is 6.07 Å². The molecule has 134 valence electrons. The molecule has 0 bridgehead atoms. The predicted octanol–water partition coefficient (Wildman–Crippen LogP) is 2.27. The minimum atomic E-state index is -0.229. The van der Waals surface area contributed by atoms with Gasteiger partial charge in [-0.3, -0.25) is 19.4 Å². The van der Waals surface area contributed by atoms with Crippen LogP contribution in [0.15, 0.2) is 30.3 Å². The van der Waals surface area contributed by atoms with Crippen LogP contribution in [-0.2, 0) is 9.59 Å². The van der Waals surface area contributed by atoms with E-state index in [9.17, 15) is 9.59 Å². The van der Waals surface area contributed by atoms with E-state index < -0.39 is 0 Å². The molecule has 4 rings (SSSR count). The highest BCUT2D eigenvalue weighted by Crippen LogP contribution is 2.29. The number of imide groups is 1. The molecule has 1 saturated carbocycles. The molecule has 1 aromatic carbocycles. The van der Waals surface area contributed by atoms with Gasteiger partial charge >= 0.3 is 0 Å². The highest BCUT2D eigenvalue weighted by Gasteiger charge is 2.45. The van der Waals surface area contributed by atoms with Crippen molar-refractivity contribution in [2.75, 3.05) is 31.1 Å². The average Bonchev–Trinajstić information content (AvgIpc) is 2.97. The van der Waals surface area contributed by atoms with Gasteiger partial charge in [-0.1, -0.05) is 37.5 Å². The van der Waals surface area contributed by atoms with Crippen LogP contribution in [0.25, 0.3) is 0 Å². The number of nitrogens with zero attached hydrogens (tertiary/aromatic N) is 3. The van der Waals surface area contributed by atoms with Gasteiger partial charge < -0.3 is 4.90 Å². The molecule has 5 nitrogen and oxygen atoms in total. The van der Waals surface area contributed by atoms with Crippen LogP contribution in [0.3, 0.4) is 0 Å².